The normalized spacial score (nSPS) is 15.6. The molecule has 2 aliphatic heterocycles. The summed E-state index contributed by atoms with van der Waals surface area (Å²) in [6.07, 6.45) is 2.38. The van der Waals surface area contributed by atoms with Gasteiger partial charge in [-0.3, -0.25) is 14.9 Å². The molecule has 0 radical (unpaired) electrons. The molecular weight excluding hydrogens is 432 g/mol. The van der Waals surface area contributed by atoms with E-state index in [0.29, 0.717) is 40.9 Å². The number of hydrogen-bond acceptors (Lipinski definition) is 5. The first-order valence-corrected chi connectivity index (χ1v) is 11.0. The number of hydrogen-bond donors (Lipinski definition) is 1. The van der Waals surface area contributed by atoms with Crippen LogP contribution in [-0.4, -0.2) is 41.5 Å². The van der Waals surface area contributed by atoms with Gasteiger partial charge in [0.15, 0.2) is 0 Å². The van der Waals surface area contributed by atoms with E-state index in [1.54, 1.807) is 35.4 Å². The maximum atomic E-state index is 13.1. The largest absolute Gasteiger partial charge is 0.313 e. The van der Waals surface area contributed by atoms with Crippen molar-refractivity contribution in [1.82, 2.24) is 10.2 Å². The van der Waals surface area contributed by atoms with E-state index in [1.165, 1.54) is 11.3 Å². The van der Waals surface area contributed by atoms with Gasteiger partial charge in [-0.25, -0.2) is 9.98 Å². The standard InChI is InChI=1S/C23H17ClN4O2S/c24-19-16-8-4-5-9-18(16)31-20(19)22(30)28-11-10-17-15(13-28)12-25-23(26-17)27-21(29)14-6-2-1-3-7-14/h1-9,13H,10-12H2,(H,25,27,29). The molecule has 0 bridgehead atoms. The van der Waals surface area contributed by atoms with E-state index < -0.39 is 0 Å². The van der Waals surface area contributed by atoms with Gasteiger partial charge in [0.2, 0.25) is 5.96 Å². The maximum Gasteiger partial charge on any atom is 0.269 e. The summed E-state index contributed by atoms with van der Waals surface area (Å²) in [6.45, 7) is 0.846. The van der Waals surface area contributed by atoms with Crippen molar-refractivity contribution in [3.8, 4) is 0 Å². The quantitative estimate of drug-likeness (QED) is 0.625. The van der Waals surface area contributed by atoms with Crippen molar-refractivity contribution in [3.05, 3.63) is 81.8 Å². The molecule has 2 amide bonds. The minimum Gasteiger partial charge on any atom is -0.313 e. The number of carbonyl (C=O) groups excluding carboxylic acids is 2. The average molecular weight is 449 g/mol. The van der Waals surface area contributed by atoms with E-state index in [9.17, 15) is 9.59 Å². The number of benzene rings is 2. The molecule has 0 spiro atoms. The van der Waals surface area contributed by atoms with Crippen molar-refractivity contribution in [1.29, 1.82) is 0 Å². The average Bonchev–Trinajstić information content (AvgIpc) is 3.15. The third-order valence-electron chi connectivity index (χ3n) is 5.16. The summed E-state index contributed by atoms with van der Waals surface area (Å²) < 4.78 is 0.990. The highest BCUT2D eigenvalue weighted by Crippen LogP contribution is 2.36. The van der Waals surface area contributed by atoms with Crippen molar-refractivity contribution in [3.63, 3.8) is 0 Å². The lowest BCUT2D eigenvalue weighted by molar-refractivity contribution is 0.0826. The van der Waals surface area contributed by atoms with Crippen LogP contribution in [0, 0.1) is 0 Å². The number of carbonyl (C=O) groups is 2. The van der Waals surface area contributed by atoms with Crippen LogP contribution in [-0.2, 0) is 0 Å². The molecule has 1 aromatic heterocycles. The van der Waals surface area contributed by atoms with Crippen LogP contribution in [0.3, 0.4) is 0 Å². The predicted octanol–water partition coefficient (Wildman–Crippen LogP) is 4.53. The van der Waals surface area contributed by atoms with E-state index in [-0.39, 0.29) is 11.8 Å². The fraction of sp³-hybridized carbons (Fsp3) is 0.130. The zero-order chi connectivity index (χ0) is 21.4. The van der Waals surface area contributed by atoms with Crippen LogP contribution in [0.4, 0.5) is 0 Å². The lowest BCUT2D eigenvalue weighted by Crippen LogP contribution is -2.37. The van der Waals surface area contributed by atoms with Gasteiger partial charge in [0.25, 0.3) is 11.8 Å². The zero-order valence-corrected chi connectivity index (χ0v) is 17.9. The number of nitrogens with one attached hydrogen (secondary N) is 1. The fourth-order valence-corrected chi connectivity index (χ4v) is 5.04. The van der Waals surface area contributed by atoms with Crippen molar-refractivity contribution >= 4 is 56.5 Å². The highest BCUT2D eigenvalue weighted by Gasteiger charge is 2.27. The summed E-state index contributed by atoms with van der Waals surface area (Å²) in [4.78, 5) is 36.5. The van der Waals surface area contributed by atoms with Gasteiger partial charge in [-0.2, -0.15) is 0 Å². The smallest absolute Gasteiger partial charge is 0.269 e. The molecule has 0 aliphatic carbocycles. The topological polar surface area (TPSA) is 74.1 Å². The van der Waals surface area contributed by atoms with E-state index in [0.717, 1.165) is 21.4 Å². The fourth-order valence-electron chi connectivity index (χ4n) is 3.57. The van der Waals surface area contributed by atoms with Crippen LogP contribution in [0.5, 0.6) is 0 Å². The number of halogens is 1. The third kappa shape index (κ3) is 3.78. The second-order valence-corrected chi connectivity index (χ2v) is 8.59. The molecule has 2 aliphatic rings. The number of amides is 2. The Morgan fingerprint density at radius 3 is 2.65 bits per heavy atom. The molecule has 0 atom stereocenters. The van der Waals surface area contributed by atoms with Crippen LogP contribution in [0.15, 0.2) is 76.4 Å². The molecule has 3 heterocycles. The van der Waals surface area contributed by atoms with Crippen molar-refractivity contribution in [2.24, 2.45) is 9.98 Å². The first-order valence-electron chi connectivity index (χ1n) is 9.77. The van der Waals surface area contributed by atoms with Gasteiger partial charge in [-0.1, -0.05) is 48.0 Å². The second kappa shape index (κ2) is 8.09. The maximum absolute atomic E-state index is 13.1. The number of fused-ring (bicyclic) bond motifs is 2. The zero-order valence-electron chi connectivity index (χ0n) is 16.3. The Balaban J connectivity index is 1.33. The minimum atomic E-state index is -0.247. The molecule has 0 saturated heterocycles. The Morgan fingerprint density at radius 1 is 1.06 bits per heavy atom. The Labute approximate surface area is 187 Å². The van der Waals surface area contributed by atoms with Gasteiger partial charge in [0, 0.05) is 40.4 Å². The van der Waals surface area contributed by atoms with E-state index in [1.807, 2.05) is 30.3 Å². The molecule has 154 valence electrons. The summed E-state index contributed by atoms with van der Waals surface area (Å²) in [5, 5.41) is 4.14. The molecule has 31 heavy (non-hydrogen) atoms. The molecule has 0 unspecified atom stereocenters. The Morgan fingerprint density at radius 2 is 1.84 bits per heavy atom. The van der Waals surface area contributed by atoms with Crippen LogP contribution >= 0.6 is 22.9 Å². The minimum absolute atomic E-state index is 0.120. The van der Waals surface area contributed by atoms with Crippen molar-refractivity contribution < 1.29 is 9.59 Å². The van der Waals surface area contributed by atoms with Gasteiger partial charge in [0.05, 0.1) is 17.3 Å². The number of rotatable bonds is 2. The van der Waals surface area contributed by atoms with Crippen molar-refractivity contribution in [2.45, 2.75) is 6.42 Å². The number of thiophene rings is 1. The first kappa shape index (κ1) is 19.7. The lowest BCUT2D eigenvalue weighted by atomic mass is 10.0. The molecule has 2 aromatic carbocycles. The Bertz CT molecular complexity index is 1290. The molecular formula is C23H17ClN4O2S. The third-order valence-corrected chi connectivity index (χ3v) is 6.83. The van der Waals surface area contributed by atoms with E-state index in [4.69, 9.17) is 11.6 Å². The highest BCUT2D eigenvalue weighted by atomic mass is 35.5. The van der Waals surface area contributed by atoms with Gasteiger partial charge in [-0.15, -0.1) is 11.3 Å². The Hall–Kier alpha value is -3.29. The molecule has 5 rings (SSSR count). The summed E-state index contributed by atoms with van der Waals surface area (Å²) >= 11 is 7.89. The lowest BCUT2D eigenvalue weighted by Gasteiger charge is -2.27. The number of nitrogens with zero attached hydrogens (tertiary/aromatic N) is 3. The second-order valence-electron chi connectivity index (χ2n) is 7.16. The van der Waals surface area contributed by atoms with Gasteiger partial charge < -0.3 is 4.90 Å². The summed E-state index contributed by atoms with van der Waals surface area (Å²) in [5.74, 6) is -0.0682. The molecule has 8 heteroatoms. The number of aliphatic imine (C=N–C) groups is 2. The van der Waals surface area contributed by atoms with Gasteiger partial charge >= 0.3 is 0 Å². The van der Waals surface area contributed by atoms with E-state index in [2.05, 4.69) is 15.3 Å². The molecule has 0 saturated carbocycles. The van der Waals surface area contributed by atoms with Gasteiger partial charge in [-0.05, 0) is 18.2 Å². The predicted molar refractivity (Wildman–Crippen MR) is 124 cm³/mol. The highest BCUT2D eigenvalue weighted by molar-refractivity contribution is 7.21. The number of guanidine groups is 1. The van der Waals surface area contributed by atoms with Crippen LogP contribution in [0.2, 0.25) is 5.02 Å². The van der Waals surface area contributed by atoms with Crippen molar-refractivity contribution in [2.75, 3.05) is 13.1 Å². The monoisotopic (exact) mass is 448 g/mol. The SMILES string of the molecule is O=C(NC1=NCC2=CN(C(=O)c3sc4ccccc4c3Cl)CCC2=N1)c1ccccc1. The summed E-state index contributed by atoms with van der Waals surface area (Å²) in [5.41, 5.74) is 2.26. The van der Waals surface area contributed by atoms with Gasteiger partial charge in [0.1, 0.15) is 4.88 Å². The summed E-state index contributed by atoms with van der Waals surface area (Å²) in [6, 6.07) is 16.7. The molecule has 6 nitrogen and oxygen atoms in total. The van der Waals surface area contributed by atoms with Crippen LogP contribution in [0.1, 0.15) is 26.5 Å². The molecule has 0 fully saturated rings. The van der Waals surface area contributed by atoms with Crippen LogP contribution < -0.4 is 5.32 Å². The summed E-state index contributed by atoms with van der Waals surface area (Å²) in [7, 11) is 0. The van der Waals surface area contributed by atoms with Crippen LogP contribution in [0.25, 0.3) is 10.1 Å². The molecule has 3 aromatic rings. The van der Waals surface area contributed by atoms with E-state index >= 15 is 0 Å². The first-order chi connectivity index (χ1) is 15.1. The molecule has 1 N–H and O–H groups in total. The Kier molecular flexibility index (Phi) is 5.13.